The summed E-state index contributed by atoms with van der Waals surface area (Å²) in [5.74, 6) is -5.53. The molecular weight excluding hydrogens is 408 g/mol. The molecule has 0 saturated heterocycles. The van der Waals surface area contributed by atoms with Gasteiger partial charge >= 0.3 is 0 Å². The van der Waals surface area contributed by atoms with E-state index in [1.54, 1.807) is 18.3 Å². The van der Waals surface area contributed by atoms with Crippen molar-refractivity contribution in [2.24, 2.45) is 5.92 Å². The third-order valence-electron chi connectivity index (χ3n) is 4.36. The van der Waals surface area contributed by atoms with Crippen LogP contribution in [0.25, 0.3) is 0 Å². The fraction of sp³-hybridized carbons (Fsp3) is 0.400. The molecule has 1 atom stereocenters. The summed E-state index contributed by atoms with van der Waals surface area (Å²) in [5, 5.41) is 3.48. The molecule has 1 aliphatic rings. The lowest BCUT2D eigenvalue weighted by molar-refractivity contribution is -0.127. The summed E-state index contributed by atoms with van der Waals surface area (Å²) in [6, 6.07) is 7.19. The predicted octanol–water partition coefficient (Wildman–Crippen LogP) is 5.54. The quantitative estimate of drug-likeness (QED) is 0.511. The highest BCUT2D eigenvalue weighted by Crippen LogP contribution is 2.37. The van der Waals surface area contributed by atoms with Gasteiger partial charge in [-0.2, -0.15) is 4.39 Å². The average molecular weight is 430 g/mol. The molecule has 1 aromatic heterocycles. The molecule has 1 aliphatic carbocycles. The van der Waals surface area contributed by atoms with Crippen LogP contribution < -0.4 is 10.1 Å². The Kier molecular flexibility index (Phi) is 8.31. The van der Waals surface area contributed by atoms with Gasteiger partial charge < -0.3 is 10.1 Å². The number of nitrogens with one attached hydrogen (secondary N) is 1. The molecule has 1 amide bonds. The largest absolute Gasteiger partial charge is 0.494 e. The maximum absolute atomic E-state index is 13.3. The van der Waals surface area contributed by atoms with Gasteiger partial charge in [-0.3, -0.25) is 4.79 Å². The summed E-state index contributed by atoms with van der Waals surface area (Å²) in [5.41, 5.74) is 0.609. The normalized spacial score (nSPS) is 17.7. The average Bonchev–Trinajstić information content (AvgIpc) is 2.70. The van der Waals surface area contributed by atoms with E-state index in [-0.39, 0.29) is 24.5 Å². The molecule has 1 aromatic carbocycles. The van der Waals surface area contributed by atoms with Crippen LogP contribution >= 0.6 is 11.8 Å². The molecule has 29 heavy (non-hydrogen) atoms. The maximum atomic E-state index is 13.3. The standard InChI is InChI=1S/C13H16F2N2OS.C7H6F2O/c1-19-11-7-10(4-6-16-11)17-12(18)9-3-2-5-13(14,15)8-9;1-10-6-4-2-3-5(8)7(6)9/h4,6-7,9H,2-3,5,8H2,1H3,(H,16,17,18);2-4H,1H3. The molecule has 1 fully saturated rings. The second-order valence-corrected chi connectivity index (χ2v) is 7.31. The summed E-state index contributed by atoms with van der Waals surface area (Å²) in [4.78, 5) is 16.1. The van der Waals surface area contributed by atoms with E-state index in [2.05, 4.69) is 15.0 Å². The third kappa shape index (κ3) is 6.92. The van der Waals surface area contributed by atoms with E-state index in [0.29, 0.717) is 18.5 Å². The number of nitrogens with zero attached hydrogens (tertiary/aromatic N) is 1. The van der Waals surface area contributed by atoms with Gasteiger partial charge in [0.25, 0.3) is 0 Å². The van der Waals surface area contributed by atoms with Crippen LogP contribution in [-0.4, -0.2) is 30.2 Å². The van der Waals surface area contributed by atoms with Crippen LogP contribution in [0.4, 0.5) is 23.2 Å². The third-order valence-corrected chi connectivity index (χ3v) is 5.00. The van der Waals surface area contributed by atoms with Crippen molar-refractivity contribution in [1.29, 1.82) is 0 Å². The van der Waals surface area contributed by atoms with Crippen LogP contribution in [0.15, 0.2) is 41.6 Å². The maximum Gasteiger partial charge on any atom is 0.248 e. The van der Waals surface area contributed by atoms with E-state index in [1.807, 2.05) is 6.26 Å². The van der Waals surface area contributed by atoms with Gasteiger partial charge in [-0.1, -0.05) is 6.07 Å². The Morgan fingerprint density at radius 3 is 2.69 bits per heavy atom. The molecule has 1 saturated carbocycles. The number of halogens is 4. The molecule has 1 unspecified atom stereocenters. The summed E-state index contributed by atoms with van der Waals surface area (Å²) in [7, 11) is 1.29. The topological polar surface area (TPSA) is 51.2 Å². The predicted molar refractivity (Wildman–Crippen MR) is 104 cm³/mol. The number of ether oxygens (including phenoxy) is 1. The molecule has 4 nitrogen and oxygen atoms in total. The molecule has 0 radical (unpaired) electrons. The van der Waals surface area contributed by atoms with Crippen molar-refractivity contribution < 1.29 is 27.1 Å². The number of amides is 1. The highest BCUT2D eigenvalue weighted by Gasteiger charge is 2.39. The van der Waals surface area contributed by atoms with Gasteiger partial charge in [0, 0.05) is 30.6 Å². The number of carbonyl (C=O) groups is 1. The fourth-order valence-corrected chi connectivity index (χ4v) is 3.29. The lowest BCUT2D eigenvalue weighted by Crippen LogP contribution is -2.33. The zero-order chi connectivity index (χ0) is 21.4. The molecule has 158 valence electrons. The van der Waals surface area contributed by atoms with E-state index in [4.69, 9.17) is 0 Å². The van der Waals surface area contributed by atoms with Crippen molar-refractivity contribution in [2.75, 3.05) is 18.7 Å². The molecular formula is C20H22F4N2O2S. The smallest absolute Gasteiger partial charge is 0.248 e. The van der Waals surface area contributed by atoms with Crippen LogP contribution in [-0.2, 0) is 4.79 Å². The summed E-state index contributed by atoms with van der Waals surface area (Å²) in [6.07, 6.45) is 3.95. The molecule has 3 rings (SSSR count). The Hall–Kier alpha value is -2.29. The Morgan fingerprint density at radius 1 is 1.31 bits per heavy atom. The van der Waals surface area contributed by atoms with Crippen molar-refractivity contribution in [1.82, 2.24) is 4.98 Å². The van der Waals surface area contributed by atoms with E-state index >= 15 is 0 Å². The second-order valence-electron chi connectivity index (χ2n) is 6.48. The van der Waals surface area contributed by atoms with Gasteiger partial charge in [-0.25, -0.2) is 18.2 Å². The minimum absolute atomic E-state index is 0.0694. The number of anilines is 1. The van der Waals surface area contributed by atoms with Crippen molar-refractivity contribution >= 4 is 23.4 Å². The lowest BCUT2D eigenvalue weighted by Gasteiger charge is -2.27. The first-order valence-electron chi connectivity index (χ1n) is 8.92. The van der Waals surface area contributed by atoms with Crippen molar-refractivity contribution in [3.63, 3.8) is 0 Å². The van der Waals surface area contributed by atoms with Gasteiger partial charge in [-0.15, -0.1) is 11.8 Å². The monoisotopic (exact) mass is 430 g/mol. The number of hydrogen-bond acceptors (Lipinski definition) is 4. The zero-order valence-electron chi connectivity index (χ0n) is 16.1. The first kappa shape index (κ1) is 23.0. The van der Waals surface area contributed by atoms with Crippen LogP contribution in [0.2, 0.25) is 0 Å². The van der Waals surface area contributed by atoms with Crippen molar-refractivity contribution in [3.05, 3.63) is 48.2 Å². The molecule has 1 N–H and O–H groups in total. The molecule has 0 bridgehead atoms. The van der Waals surface area contributed by atoms with E-state index < -0.39 is 23.5 Å². The fourth-order valence-electron chi connectivity index (χ4n) is 2.88. The van der Waals surface area contributed by atoms with Crippen LogP contribution in [0.5, 0.6) is 5.75 Å². The van der Waals surface area contributed by atoms with E-state index in [0.717, 1.165) is 11.1 Å². The number of aromatic nitrogens is 1. The van der Waals surface area contributed by atoms with Gasteiger partial charge in [0.05, 0.1) is 12.1 Å². The number of methoxy groups -OCH3 is 1. The number of thioether (sulfide) groups is 1. The zero-order valence-corrected chi connectivity index (χ0v) is 16.9. The van der Waals surface area contributed by atoms with Crippen molar-refractivity contribution in [3.8, 4) is 5.75 Å². The van der Waals surface area contributed by atoms with Gasteiger partial charge in [0.15, 0.2) is 11.6 Å². The molecule has 0 spiro atoms. The van der Waals surface area contributed by atoms with Crippen LogP contribution in [0, 0.1) is 17.6 Å². The summed E-state index contributed by atoms with van der Waals surface area (Å²) >= 11 is 1.46. The minimum Gasteiger partial charge on any atom is -0.494 e. The van der Waals surface area contributed by atoms with Gasteiger partial charge in [0.2, 0.25) is 17.6 Å². The van der Waals surface area contributed by atoms with Gasteiger partial charge in [0.1, 0.15) is 0 Å². The first-order chi connectivity index (χ1) is 13.8. The van der Waals surface area contributed by atoms with E-state index in [1.165, 1.54) is 31.0 Å². The number of hydrogen-bond donors (Lipinski definition) is 1. The van der Waals surface area contributed by atoms with Crippen molar-refractivity contribution in [2.45, 2.75) is 36.6 Å². The van der Waals surface area contributed by atoms with E-state index in [9.17, 15) is 22.4 Å². The Labute approximate surface area is 171 Å². The molecule has 0 aliphatic heterocycles. The number of benzene rings is 1. The first-order valence-corrected chi connectivity index (χ1v) is 10.1. The number of carbonyl (C=O) groups excluding carboxylic acids is 1. The highest BCUT2D eigenvalue weighted by molar-refractivity contribution is 7.98. The molecule has 9 heteroatoms. The summed E-state index contributed by atoms with van der Waals surface area (Å²) < 4.78 is 55.9. The lowest BCUT2D eigenvalue weighted by atomic mass is 9.86. The highest BCUT2D eigenvalue weighted by atomic mass is 32.2. The number of alkyl halides is 2. The van der Waals surface area contributed by atoms with Crippen LogP contribution in [0.3, 0.4) is 0 Å². The second kappa shape index (κ2) is 10.5. The molecule has 2 aromatic rings. The Morgan fingerprint density at radius 2 is 2.07 bits per heavy atom. The Bertz CT molecular complexity index is 836. The SMILES string of the molecule is COc1cccc(F)c1F.CSc1cc(NC(=O)C2CCCC(F)(F)C2)ccn1. The summed E-state index contributed by atoms with van der Waals surface area (Å²) in [6.45, 7) is 0. The Balaban J connectivity index is 0.000000253. The molecule has 1 heterocycles. The number of pyridine rings is 1. The van der Waals surface area contributed by atoms with Gasteiger partial charge in [-0.05, 0) is 43.4 Å². The van der Waals surface area contributed by atoms with Crippen LogP contribution in [0.1, 0.15) is 25.7 Å². The number of rotatable bonds is 4. The minimum atomic E-state index is -2.71.